The zero-order chi connectivity index (χ0) is 40.7. The fourth-order valence-corrected chi connectivity index (χ4v) is 12.0. The van der Waals surface area contributed by atoms with E-state index < -0.39 is 129 Å². The number of esters is 1. The molecule has 3 aliphatic heterocycles. The molecule has 0 radical (unpaired) electrons. The second-order valence-electron chi connectivity index (χ2n) is 18.0. The summed E-state index contributed by atoms with van der Waals surface area (Å²) < 4.78 is 35.4. The second-order valence-corrected chi connectivity index (χ2v) is 18.0. The highest BCUT2D eigenvalue weighted by Gasteiger charge is 2.69. The van der Waals surface area contributed by atoms with E-state index in [0.717, 1.165) is 18.4 Å². The van der Waals surface area contributed by atoms with E-state index in [1.54, 1.807) is 0 Å². The van der Waals surface area contributed by atoms with Crippen molar-refractivity contribution in [3.8, 4) is 0 Å². The molecular formula is C38H60O18. The van der Waals surface area contributed by atoms with Crippen LogP contribution in [0.2, 0.25) is 0 Å². The van der Waals surface area contributed by atoms with Crippen LogP contribution in [-0.2, 0) is 33.2 Å². The number of hydrogen-bond acceptors (Lipinski definition) is 18. The van der Waals surface area contributed by atoms with E-state index in [0.29, 0.717) is 44.9 Å². The maximum atomic E-state index is 14.6. The maximum Gasteiger partial charge on any atom is 0.314 e. The molecule has 7 rings (SSSR count). The average Bonchev–Trinajstić information content (AvgIpc) is 3.37. The Labute approximate surface area is 324 Å². The summed E-state index contributed by atoms with van der Waals surface area (Å²) in [4.78, 5) is 14.6. The van der Waals surface area contributed by atoms with Gasteiger partial charge in [-0.2, -0.15) is 0 Å². The largest absolute Gasteiger partial charge is 0.432 e. The first-order chi connectivity index (χ1) is 26.4. The molecular weight excluding hydrogens is 744 g/mol. The normalized spacial score (nSPS) is 54.6. The number of aliphatic hydroxyl groups excluding tert-OH is 11. The summed E-state index contributed by atoms with van der Waals surface area (Å²) in [6.45, 7) is 6.42. The van der Waals surface area contributed by atoms with Crippen LogP contribution in [0.15, 0.2) is 12.2 Å². The van der Waals surface area contributed by atoms with Gasteiger partial charge in [-0.15, -0.1) is 0 Å². The van der Waals surface area contributed by atoms with Crippen molar-refractivity contribution >= 4 is 5.97 Å². The third-order valence-electron chi connectivity index (χ3n) is 15.0. The molecule has 0 aromatic carbocycles. The average molecular weight is 805 g/mol. The molecule has 0 amide bonds. The van der Waals surface area contributed by atoms with Crippen molar-refractivity contribution in [2.24, 2.45) is 28.1 Å². The molecule has 18 nitrogen and oxygen atoms in total. The summed E-state index contributed by atoms with van der Waals surface area (Å²) in [6.07, 6.45) is -18.0. The van der Waals surface area contributed by atoms with Crippen LogP contribution < -0.4 is 0 Å². The Balaban J connectivity index is 1.10. The summed E-state index contributed by atoms with van der Waals surface area (Å²) >= 11 is 0. The Morgan fingerprint density at radius 2 is 1.21 bits per heavy atom. The van der Waals surface area contributed by atoms with Gasteiger partial charge in [0.15, 0.2) is 18.7 Å². The Morgan fingerprint density at radius 1 is 0.679 bits per heavy atom. The quantitative estimate of drug-likeness (QED) is 0.0631. The van der Waals surface area contributed by atoms with Crippen LogP contribution >= 0.6 is 0 Å². The lowest BCUT2D eigenvalue weighted by Gasteiger charge is -2.64. The molecule has 7 aliphatic rings. The Hall–Kier alpha value is -1.43. The minimum absolute atomic E-state index is 0.135. The van der Waals surface area contributed by atoms with Crippen molar-refractivity contribution in [2.45, 2.75) is 169 Å². The van der Waals surface area contributed by atoms with Gasteiger partial charge in [0.1, 0.15) is 67.1 Å². The summed E-state index contributed by atoms with van der Waals surface area (Å²) in [5.41, 5.74) is -1.68. The molecule has 4 saturated carbocycles. The lowest BCUT2D eigenvalue weighted by molar-refractivity contribution is -0.363. The number of ether oxygens (including phenoxy) is 6. The molecule has 4 aliphatic carbocycles. The van der Waals surface area contributed by atoms with E-state index in [1.165, 1.54) is 0 Å². The van der Waals surface area contributed by atoms with Crippen LogP contribution in [0, 0.1) is 28.1 Å². The number of carbonyl (C=O) groups is 1. The lowest BCUT2D eigenvalue weighted by Crippen LogP contribution is -2.65. The Morgan fingerprint density at radius 3 is 1.82 bits per heavy atom. The topological polar surface area (TPSA) is 295 Å². The number of carbonyl (C=O) groups excluding carboxylic acids is 1. The minimum atomic E-state index is -1.86. The molecule has 3 heterocycles. The van der Waals surface area contributed by atoms with Gasteiger partial charge in [0.2, 0.25) is 6.29 Å². The highest BCUT2D eigenvalue weighted by atomic mass is 16.8. The van der Waals surface area contributed by atoms with Crippen LogP contribution in [0.25, 0.3) is 0 Å². The molecule has 11 N–H and O–H groups in total. The number of fused-ring (bicyclic) bond motifs is 3. The van der Waals surface area contributed by atoms with E-state index in [1.807, 2.05) is 6.92 Å². The predicted molar refractivity (Wildman–Crippen MR) is 186 cm³/mol. The zero-order valence-corrected chi connectivity index (χ0v) is 31.8. The van der Waals surface area contributed by atoms with E-state index in [4.69, 9.17) is 28.4 Å². The standard InChI is InChI=1S/C38H60O18/c1-16-11-37-9-5-20-35(2,21(37)6-10-38(16,15-37)56-32-29(49)26(46)23(43)18(13-40)52-32)7-4-8-36(20,3)34(50)55-33-30(27(47)24(44)19(14-41)53-33)54-31-28(48)25(45)22(42)17(12-39)51-31/h17-33,39-49H,1,4-15H2,2-3H3/t17?,18?,19?,20?,21-,22?,23?,24?,25?,26?,27?,28?,29?,30?,31?,32?,33?,35+,36+,37?,38?/m0/s1. The highest BCUT2D eigenvalue weighted by molar-refractivity contribution is 5.77. The molecule has 7 fully saturated rings. The fourth-order valence-electron chi connectivity index (χ4n) is 12.0. The van der Waals surface area contributed by atoms with Gasteiger partial charge in [0, 0.05) is 0 Å². The monoisotopic (exact) mass is 804 g/mol. The van der Waals surface area contributed by atoms with Crippen LogP contribution in [0.4, 0.5) is 0 Å². The van der Waals surface area contributed by atoms with Gasteiger partial charge >= 0.3 is 5.97 Å². The van der Waals surface area contributed by atoms with Crippen molar-refractivity contribution in [1.82, 2.24) is 0 Å². The molecule has 0 aromatic rings. The van der Waals surface area contributed by atoms with Gasteiger partial charge in [-0.25, -0.2) is 0 Å². The lowest BCUT2D eigenvalue weighted by atomic mass is 9.41. The Bertz CT molecular complexity index is 1450. The summed E-state index contributed by atoms with van der Waals surface area (Å²) in [5, 5.41) is 114. The molecule has 56 heavy (non-hydrogen) atoms. The van der Waals surface area contributed by atoms with Crippen molar-refractivity contribution in [1.29, 1.82) is 0 Å². The smallest absolute Gasteiger partial charge is 0.314 e. The van der Waals surface area contributed by atoms with E-state index in [9.17, 15) is 61.0 Å². The number of hydrogen-bond donors (Lipinski definition) is 11. The molecule has 0 aromatic heterocycles. The first-order valence-electron chi connectivity index (χ1n) is 19.9. The van der Waals surface area contributed by atoms with Crippen molar-refractivity contribution in [2.75, 3.05) is 19.8 Å². The van der Waals surface area contributed by atoms with Crippen molar-refractivity contribution in [3.63, 3.8) is 0 Å². The maximum absolute atomic E-state index is 14.6. The minimum Gasteiger partial charge on any atom is -0.432 e. The van der Waals surface area contributed by atoms with Gasteiger partial charge in [-0.3, -0.25) is 4.79 Å². The Kier molecular flexibility index (Phi) is 11.9. The van der Waals surface area contributed by atoms with Gasteiger partial charge in [0.05, 0.1) is 30.8 Å². The molecule has 320 valence electrons. The molecule has 1 spiro atoms. The fraction of sp³-hybridized carbons (Fsp3) is 0.921. The van der Waals surface area contributed by atoms with E-state index in [2.05, 4.69) is 13.5 Å². The van der Waals surface area contributed by atoms with Crippen LogP contribution in [0.3, 0.4) is 0 Å². The summed E-state index contributed by atoms with van der Waals surface area (Å²) in [5.74, 6) is -0.683. The summed E-state index contributed by atoms with van der Waals surface area (Å²) in [6, 6.07) is 0. The molecule has 18 heteroatoms. The SMILES string of the molecule is C=C1CC23CCC4[C@](C)(C(=O)OC5OC(CO)C(O)C(O)C5OC5OC(CO)C(O)C(O)C5O)CCC[C@@]4(C)[C@@H]2CCC1(OC1OC(CO)C(O)C(O)C1O)C3. The number of rotatable bonds is 9. The zero-order valence-electron chi connectivity index (χ0n) is 31.8. The molecule has 18 unspecified atom stereocenters. The van der Waals surface area contributed by atoms with Crippen LogP contribution in [-0.4, -0.2) is 180 Å². The summed E-state index contributed by atoms with van der Waals surface area (Å²) in [7, 11) is 0. The van der Waals surface area contributed by atoms with E-state index >= 15 is 0 Å². The third kappa shape index (κ3) is 6.69. The van der Waals surface area contributed by atoms with Gasteiger partial charge in [-0.05, 0) is 86.5 Å². The molecule has 3 saturated heterocycles. The van der Waals surface area contributed by atoms with Gasteiger partial charge in [-0.1, -0.05) is 19.9 Å². The van der Waals surface area contributed by atoms with Gasteiger partial charge in [0.25, 0.3) is 0 Å². The van der Waals surface area contributed by atoms with Crippen LogP contribution in [0.5, 0.6) is 0 Å². The molecule has 2 bridgehead atoms. The van der Waals surface area contributed by atoms with Crippen molar-refractivity contribution < 1.29 is 89.4 Å². The first kappa shape index (κ1) is 42.7. The van der Waals surface area contributed by atoms with Crippen LogP contribution in [0.1, 0.15) is 71.6 Å². The predicted octanol–water partition coefficient (Wildman–Crippen LogP) is -2.94. The third-order valence-corrected chi connectivity index (χ3v) is 15.0. The first-order valence-corrected chi connectivity index (χ1v) is 19.9. The van der Waals surface area contributed by atoms with Crippen molar-refractivity contribution in [3.05, 3.63) is 12.2 Å². The van der Waals surface area contributed by atoms with E-state index in [-0.39, 0.29) is 22.7 Å². The second kappa shape index (κ2) is 15.6. The van der Waals surface area contributed by atoms with Gasteiger partial charge < -0.3 is 84.6 Å². The molecule has 21 atom stereocenters. The highest BCUT2D eigenvalue weighted by Crippen LogP contribution is 2.73. The number of aliphatic hydroxyl groups is 11.